The van der Waals surface area contributed by atoms with E-state index in [0.29, 0.717) is 18.7 Å². The Morgan fingerprint density at radius 1 is 1.38 bits per heavy atom. The first-order valence-electron chi connectivity index (χ1n) is 4.73. The Kier molecular flexibility index (Phi) is 3.93. The molecule has 1 heterocycles. The summed E-state index contributed by atoms with van der Waals surface area (Å²) < 4.78 is 22.7. The summed E-state index contributed by atoms with van der Waals surface area (Å²) in [5, 5.41) is -0.124. The first-order valence-corrected chi connectivity index (χ1v) is 6.45. The monoisotopic (exact) mass is 203 g/mol. The minimum Gasteiger partial charge on any atom is -0.330 e. The van der Waals surface area contributed by atoms with Crippen molar-refractivity contribution < 1.29 is 8.42 Å². The molecule has 76 valence electrons. The molecule has 1 aliphatic rings. The average Bonchev–Trinajstić information content (AvgIpc) is 2.40. The minimum atomic E-state index is -2.76. The molecule has 0 bridgehead atoms. The Morgan fingerprint density at radius 3 is 2.69 bits per heavy atom. The van der Waals surface area contributed by atoms with Gasteiger partial charge in [-0.15, -0.1) is 0 Å². The van der Waals surface area contributed by atoms with Gasteiger partial charge in [0.1, 0.15) is 0 Å². The second-order valence-corrected chi connectivity index (χ2v) is 5.82. The number of hydrogen-bond donors (Lipinski definition) is 1. The molecule has 1 rings (SSSR count). The predicted molar refractivity (Wildman–Crippen MR) is 54.2 cm³/mol. The highest BCUT2D eigenvalue weighted by Gasteiger charge is 2.29. The van der Waals surface area contributed by atoms with E-state index >= 15 is 0 Å². The topological polar surface area (TPSA) is 60.2 Å². The third-order valence-electron chi connectivity index (χ3n) is 2.36. The van der Waals surface area contributed by atoms with Crippen LogP contribution < -0.4 is 5.73 Å². The summed E-state index contributed by atoms with van der Waals surface area (Å²) in [5.41, 5.74) is 5.31. The van der Waals surface area contributed by atoms with Gasteiger partial charge in [-0.25, -0.2) is 8.42 Å². The normalized spacial score (nSPS) is 27.0. The van der Waals surface area contributed by atoms with Crippen LogP contribution in [0.25, 0.3) is 0 Å². The molecule has 1 unspecified atom stereocenters. The zero-order valence-electron chi connectivity index (χ0n) is 7.78. The van der Waals surface area contributed by atoms with Gasteiger partial charge in [0.25, 0.3) is 0 Å². The van der Waals surface area contributed by atoms with Crippen molar-refractivity contribution in [3.8, 4) is 0 Å². The summed E-state index contributed by atoms with van der Waals surface area (Å²) in [5.74, 6) is 0.377. The first kappa shape index (κ1) is 10.7. The molecule has 13 heavy (non-hydrogen) atoms. The lowest BCUT2D eigenvalue weighted by molar-refractivity contribution is 0.589. The van der Waals surface area contributed by atoms with Crippen molar-refractivity contribution in [2.24, 2.45) is 5.73 Å². The quantitative estimate of drug-likeness (QED) is 0.689. The van der Waals surface area contributed by atoms with Crippen molar-refractivity contribution in [1.82, 2.24) is 0 Å². The van der Waals surface area contributed by atoms with Crippen LogP contribution in [-0.4, -0.2) is 26.0 Å². The van der Waals surface area contributed by atoms with Gasteiger partial charge in [-0.3, -0.25) is 0 Å². The largest absolute Gasteiger partial charge is 0.330 e. The van der Waals surface area contributed by atoms with Crippen LogP contribution in [0.5, 0.6) is 0 Å². The number of rotatable bonds is 4. The van der Waals surface area contributed by atoms with Crippen LogP contribution >= 0.6 is 0 Å². The van der Waals surface area contributed by atoms with Gasteiger partial charge in [-0.1, -0.05) is 12.2 Å². The van der Waals surface area contributed by atoms with Crippen molar-refractivity contribution in [3.05, 3.63) is 12.2 Å². The van der Waals surface area contributed by atoms with Crippen molar-refractivity contribution in [3.63, 3.8) is 0 Å². The highest BCUT2D eigenvalue weighted by molar-refractivity contribution is 7.92. The van der Waals surface area contributed by atoms with Crippen molar-refractivity contribution in [1.29, 1.82) is 0 Å². The molecule has 0 aromatic heterocycles. The predicted octanol–water partition coefficient (Wildman–Crippen LogP) is 0.859. The Balaban J connectivity index is 2.37. The second-order valence-electron chi connectivity index (χ2n) is 3.42. The molecule has 0 aromatic carbocycles. The number of nitrogens with two attached hydrogens (primary N) is 1. The molecular formula is C9H17NO2S. The van der Waals surface area contributed by atoms with E-state index in [1.54, 1.807) is 0 Å². The SMILES string of the molecule is NCC/C=C\CC1CCCS1(=O)=O. The molecule has 2 N–H and O–H groups in total. The van der Waals surface area contributed by atoms with Gasteiger partial charge in [0.15, 0.2) is 9.84 Å². The lowest BCUT2D eigenvalue weighted by Crippen LogP contribution is -2.14. The lowest BCUT2D eigenvalue weighted by atomic mass is 10.2. The Hall–Kier alpha value is -0.350. The molecule has 0 amide bonds. The summed E-state index contributed by atoms with van der Waals surface area (Å²) >= 11 is 0. The highest BCUT2D eigenvalue weighted by atomic mass is 32.2. The summed E-state index contributed by atoms with van der Waals surface area (Å²) in [6, 6.07) is 0. The van der Waals surface area contributed by atoms with Crippen LogP contribution in [0, 0.1) is 0 Å². The van der Waals surface area contributed by atoms with Gasteiger partial charge in [0, 0.05) is 0 Å². The molecule has 1 fully saturated rings. The first-order chi connectivity index (χ1) is 6.17. The molecule has 1 atom stereocenters. The number of sulfone groups is 1. The van der Waals surface area contributed by atoms with E-state index in [2.05, 4.69) is 0 Å². The van der Waals surface area contributed by atoms with E-state index in [4.69, 9.17) is 5.73 Å². The van der Waals surface area contributed by atoms with E-state index in [9.17, 15) is 8.42 Å². The molecular weight excluding hydrogens is 186 g/mol. The van der Waals surface area contributed by atoms with Gasteiger partial charge in [0.05, 0.1) is 11.0 Å². The Morgan fingerprint density at radius 2 is 2.15 bits per heavy atom. The minimum absolute atomic E-state index is 0.124. The molecule has 0 aliphatic carbocycles. The lowest BCUT2D eigenvalue weighted by Gasteiger charge is -2.04. The smallest absolute Gasteiger partial charge is 0.153 e. The number of allylic oxidation sites excluding steroid dienone is 1. The molecule has 0 saturated carbocycles. The van der Waals surface area contributed by atoms with Crippen molar-refractivity contribution >= 4 is 9.84 Å². The summed E-state index contributed by atoms with van der Waals surface area (Å²) in [6.45, 7) is 0.633. The molecule has 4 heteroatoms. The van der Waals surface area contributed by atoms with Crippen LogP contribution in [0.4, 0.5) is 0 Å². The molecule has 3 nitrogen and oxygen atoms in total. The summed E-state index contributed by atoms with van der Waals surface area (Å²) in [7, 11) is -2.76. The Bertz CT molecular complexity index is 269. The zero-order valence-corrected chi connectivity index (χ0v) is 8.59. The summed E-state index contributed by atoms with van der Waals surface area (Å²) in [4.78, 5) is 0. The molecule has 1 saturated heterocycles. The van der Waals surface area contributed by atoms with E-state index in [-0.39, 0.29) is 5.25 Å². The van der Waals surface area contributed by atoms with Gasteiger partial charge in [-0.05, 0) is 32.2 Å². The van der Waals surface area contributed by atoms with Gasteiger partial charge < -0.3 is 5.73 Å². The third kappa shape index (κ3) is 3.12. The van der Waals surface area contributed by atoms with Crippen molar-refractivity contribution in [2.75, 3.05) is 12.3 Å². The maximum Gasteiger partial charge on any atom is 0.153 e. The van der Waals surface area contributed by atoms with Gasteiger partial charge >= 0.3 is 0 Å². The van der Waals surface area contributed by atoms with Crippen LogP contribution in [0.2, 0.25) is 0 Å². The number of hydrogen-bond acceptors (Lipinski definition) is 3. The van der Waals surface area contributed by atoms with E-state index in [1.165, 1.54) is 0 Å². The highest BCUT2D eigenvalue weighted by Crippen LogP contribution is 2.22. The van der Waals surface area contributed by atoms with E-state index in [0.717, 1.165) is 19.3 Å². The maximum absolute atomic E-state index is 11.4. The van der Waals surface area contributed by atoms with E-state index < -0.39 is 9.84 Å². The Labute approximate surface area is 79.9 Å². The van der Waals surface area contributed by atoms with Crippen molar-refractivity contribution in [2.45, 2.75) is 30.9 Å². The fourth-order valence-electron chi connectivity index (χ4n) is 1.58. The summed E-state index contributed by atoms with van der Waals surface area (Å²) in [6.07, 6.45) is 7.08. The zero-order chi connectivity index (χ0) is 9.73. The van der Waals surface area contributed by atoms with Gasteiger partial charge in [0.2, 0.25) is 0 Å². The molecule has 0 aromatic rings. The van der Waals surface area contributed by atoms with Crippen LogP contribution in [0.3, 0.4) is 0 Å². The fraction of sp³-hybridized carbons (Fsp3) is 0.778. The standard InChI is InChI=1S/C9H17NO2S/c10-7-3-1-2-5-9-6-4-8-13(9,11)12/h1-2,9H,3-8,10H2/b2-1-. The van der Waals surface area contributed by atoms with Crippen LogP contribution in [0.1, 0.15) is 25.7 Å². The maximum atomic E-state index is 11.4. The van der Waals surface area contributed by atoms with E-state index in [1.807, 2.05) is 12.2 Å². The second kappa shape index (κ2) is 4.77. The van der Waals surface area contributed by atoms with Gasteiger partial charge in [-0.2, -0.15) is 0 Å². The van der Waals surface area contributed by atoms with Crippen LogP contribution in [-0.2, 0) is 9.84 Å². The third-order valence-corrected chi connectivity index (χ3v) is 4.66. The molecule has 0 spiro atoms. The van der Waals surface area contributed by atoms with Crippen LogP contribution in [0.15, 0.2) is 12.2 Å². The average molecular weight is 203 g/mol. The molecule has 1 aliphatic heterocycles. The molecule has 0 radical (unpaired) electrons. The fourth-order valence-corrected chi connectivity index (χ4v) is 3.42.